The van der Waals surface area contributed by atoms with Crippen LogP contribution in [-0.4, -0.2) is 54.3 Å². The van der Waals surface area contributed by atoms with Crippen molar-refractivity contribution in [1.29, 1.82) is 0 Å². The molecule has 0 saturated carbocycles. The van der Waals surface area contributed by atoms with Gasteiger partial charge >= 0.3 is 0 Å². The highest BCUT2D eigenvalue weighted by atomic mass is 28.4. The Labute approximate surface area is 228 Å². The predicted molar refractivity (Wildman–Crippen MR) is 159 cm³/mol. The van der Waals surface area contributed by atoms with Crippen molar-refractivity contribution in [3.8, 4) is 0 Å². The third-order valence-corrected chi connectivity index (χ3v) is 17.2. The number of rotatable bonds is 12. The van der Waals surface area contributed by atoms with Gasteiger partial charge in [-0.3, -0.25) is 0 Å². The predicted octanol–water partition coefficient (Wildman–Crippen LogP) is 8.03. The van der Waals surface area contributed by atoms with E-state index < -0.39 is 22.9 Å². The molecule has 0 spiro atoms. The minimum atomic E-state index is -2.09. The molecule has 5 atom stereocenters. The summed E-state index contributed by atoms with van der Waals surface area (Å²) in [5.41, 5.74) is 0.998. The van der Waals surface area contributed by atoms with E-state index in [9.17, 15) is 0 Å². The lowest BCUT2D eigenvalue weighted by Gasteiger charge is -2.44. The number of ether oxygens (including phenoxy) is 3. The summed E-state index contributed by atoms with van der Waals surface area (Å²) in [7, 11) is -4.10. The lowest BCUT2D eigenvalue weighted by atomic mass is 10.1. The molecule has 210 valence electrons. The van der Waals surface area contributed by atoms with E-state index in [2.05, 4.69) is 80.9 Å². The van der Waals surface area contributed by atoms with E-state index in [0.717, 1.165) is 5.56 Å². The van der Waals surface area contributed by atoms with Gasteiger partial charge in [0.25, 0.3) is 0 Å². The van der Waals surface area contributed by atoms with Crippen molar-refractivity contribution in [3.63, 3.8) is 0 Å². The molecule has 0 N–H and O–H groups in total. The van der Waals surface area contributed by atoms with Crippen molar-refractivity contribution in [2.75, 3.05) is 13.2 Å². The Balaban J connectivity index is 2.29. The van der Waals surface area contributed by atoms with Gasteiger partial charge in [-0.05, 0) is 42.7 Å². The molecule has 1 unspecified atom stereocenters. The van der Waals surface area contributed by atoms with Crippen molar-refractivity contribution < 1.29 is 23.1 Å². The average Bonchev–Trinajstić information content (AvgIpc) is 2.80. The summed E-state index contributed by atoms with van der Waals surface area (Å²) < 4.78 is 32.8. The second kappa shape index (κ2) is 12.9. The first-order valence-electron chi connectivity index (χ1n) is 13.5. The van der Waals surface area contributed by atoms with E-state index in [1.807, 2.05) is 42.5 Å². The zero-order chi connectivity index (χ0) is 28.1. The first-order chi connectivity index (χ1) is 17.0. The number of hydrogen-bond acceptors (Lipinski definition) is 5. The van der Waals surface area contributed by atoms with Gasteiger partial charge in [0, 0.05) is 5.56 Å². The minimum Gasteiger partial charge on any atom is -0.414 e. The van der Waals surface area contributed by atoms with Gasteiger partial charge in [-0.2, -0.15) is 0 Å². The second-order valence-corrected chi connectivity index (χ2v) is 22.7. The largest absolute Gasteiger partial charge is 0.414 e. The zero-order valence-corrected chi connectivity index (χ0v) is 27.0. The topological polar surface area (TPSA) is 46.2 Å². The van der Waals surface area contributed by atoms with Gasteiger partial charge in [0.15, 0.2) is 22.9 Å². The smallest absolute Gasteiger partial charge is 0.193 e. The fraction of sp³-hybridized carbons (Fsp3) is 0.667. The van der Waals surface area contributed by atoms with E-state index in [-0.39, 0.29) is 34.5 Å². The van der Waals surface area contributed by atoms with Crippen LogP contribution in [0.5, 0.6) is 0 Å². The Morgan fingerprint density at radius 1 is 0.973 bits per heavy atom. The Morgan fingerprint density at radius 3 is 2.08 bits per heavy atom. The molecule has 0 radical (unpaired) electrons. The summed E-state index contributed by atoms with van der Waals surface area (Å²) in [6.45, 7) is 31.5. The van der Waals surface area contributed by atoms with Crippen LogP contribution in [0.15, 0.2) is 55.6 Å². The molecule has 1 fully saturated rings. The molecule has 0 amide bonds. The van der Waals surface area contributed by atoms with Crippen LogP contribution in [0.1, 0.15) is 59.8 Å². The van der Waals surface area contributed by atoms with Crippen molar-refractivity contribution in [3.05, 3.63) is 61.2 Å². The van der Waals surface area contributed by atoms with E-state index in [0.29, 0.717) is 19.6 Å². The van der Waals surface area contributed by atoms with Gasteiger partial charge in [0.1, 0.15) is 12.2 Å². The quantitative estimate of drug-likeness (QED) is 0.195. The second-order valence-electron chi connectivity index (χ2n) is 13.1. The summed E-state index contributed by atoms with van der Waals surface area (Å²) >= 11 is 0. The summed E-state index contributed by atoms with van der Waals surface area (Å²) in [6.07, 6.45) is 2.88. The zero-order valence-electron chi connectivity index (χ0n) is 25.0. The molecular weight excluding hydrogens is 496 g/mol. The third-order valence-electron chi connectivity index (χ3n) is 8.20. The van der Waals surface area contributed by atoms with E-state index in [4.69, 9.17) is 23.1 Å². The molecule has 1 heterocycles. The van der Waals surface area contributed by atoms with Crippen molar-refractivity contribution in [1.82, 2.24) is 0 Å². The maximum Gasteiger partial charge on any atom is 0.193 e. The molecule has 1 aromatic carbocycles. The number of benzene rings is 1. The Hall–Kier alpha value is -1.07. The lowest BCUT2D eigenvalue weighted by molar-refractivity contribution is -0.276. The molecular formula is C30H52O5Si2. The Morgan fingerprint density at radius 2 is 1.57 bits per heavy atom. The number of hydrogen-bond donors (Lipinski definition) is 0. The van der Waals surface area contributed by atoms with E-state index in [1.165, 1.54) is 0 Å². The molecule has 37 heavy (non-hydrogen) atoms. The molecule has 0 bridgehead atoms. The Kier molecular flexibility index (Phi) is 11.2. The van der Waals surface area contributed by atoms with Gasteiger partial charge in [-0.25, -0.2) is 0 Å². The normalized spacial score (nSPS) is 23.4. The molecule has 1 aromatic rings. The molecule has 0 aromatic heterocycles. The lowest BCUT2D eigenvalue weighted by Crippen LogP contribution is -2.52. The highest BCUT2D eigenvalue weighted by Gasteiger charge is 2.44. The van der Waals surface area contributed by atoms with Crippen molar-refractivity contribution >= 4 is 16.6 Å². The van der Waals surface area contributed by atoms with Crippen LogP contribution in [0.2, 0.25) is 36.3 Å². The van der Waals surface area contributed by atoms with E-state index >= 15 is 0 Å². The fourth-order valence-corrected chi connectivity index (χ4v) is 5.89. The van der Waals surface area contributed by atoms with Crippen LogP contribution >= 0.6 is 0 Å². The van der Waals surface area contributed by atoms with Crippen LogP contribution in [0, 0.1) is 0 Å². The standard InChI is InChI=1S/C30H52O5Si2/c1-13-18-25-26(21-31-28(34-25)23-19-16-15-17-20-23)33-27(22-32-36(9,10)29(3,4)5)24(14-2)35-37(11,12)30(6,7)8/h13-17,19-20,24-28H,1-2,18,21-22H2,3-12H3/t24-,25+,26-,27+,28?/m1/s1. The first-order valence-corrected chi connectivity index (χ1v) is 19.4. The Bertz CT molecular complexity index is 857. The fourth-order valence-electron chi connectivity index (χ4n) is 3.59. The molecule has 1 aliphatic heterocycles. The van der Waals surface area contributed by atoms with Crippen molar-refractivity contribution in [2.45, 2.75) is 115 Å². The van der Waals surface area contributed by atoms with Gasteiger partial charge in [-0.15, -0.1) is 13.2 Å². The summed E-state index contributed by atoms with van der Waals surface area (Å²) in [5.74, 6) is 0. The summed E-state index contributed by atoms with van der Waals surface area (Å²) in [5, 5.41) is 0.150. The summed E-state index contributed by atoms with van der Waals surface area (Å²) in [4.78, 5) is 0. The summed E-state index contributed by atoms with van der Waals surface area (Å²) in [6, 6.07) is 10.0. The van der Waals surface area contributed by atoms with Gasteiger partial charge in [0.2, 0.25) is 0 Å². The van der Waals surface area contributed by atoms with Crippen LogP contribution in [0.4, 0.5) is 0 Å². The van der Waals surface area contributed by atoms with Crippen LogP contribution in [0.25, 0.3) is 0 Å². The first kappa shape index (κ1) is 32.1. The average molecular weight is 549 g/mol. The molecule has 5 nitrogen and oxygen atoms in total. The highest BCUT2D eigenvalue weighted by molar-refractivity contribution is 6.74. The van der Waals surface area contributed by atoms with Gasteiger partial charge in [0.05, 0.1) is 25.4 Å². The highest BCUT2D eigenvalue weighted by Crippen LogP contribution is 2.40. The minimum absolute atomic E-state index is 0.0600. The molecule has 1 saturated heterocycles. The van der Waals surface area contributed by atoms with Gasteiger partial charge in [-0.1, -0.05) is 84.0 Å². The van der Waals surface area contributed by atoms with E-state index in [1.54, 1.807) is 0 Å². The van der Waals surface area contributed by atoms with Crippen LogP contribution in [-0.2, 0) is 23.1 Å². The SMILES string of the molecule is C=CC[C@@H]1OC(c2ccccc2)OC[C@H]1O[C@@H](CO[Si](C)(C)C(C)(C)C)[C@@H](C=C)O[Si](C)(C)C(C)(C)C. The van der Waals surface area contributed by atoms with Crippen LogP contribution in [0.3, 0.4) is 0 Å². The third kappa shape index (κ3) is 8.72. The molecule has 7 heteroatoms. The molecule has 2 rings (SSSR count). The van der Waals surface area contributed by atoms with Gasteiger partial charge < -0.3 is 23.1 Å². The molecule has 0 aliphatic carbocycles. The maximum absolute atomic E-state index is 6.82. The monoisotopic (exact) mass is 548 g/mol. The maximum atomic E-state index is 6.82. The van der Waals surface area contributed by atoms with Crippen LogP contribution < -0.4 is 0 Å². The molecule has 1 aliphatic rings. The van der Waals surface area contributed by atoms with Crippen molar-refractivity contribution in [2.24, 2.45) is 0 Å².